The summed E-state index contributed by atoms with van der Waals surface area (Å²) in [6.07, 6.45) is 0. The number of hydrogen-bond donors (Lipinski definition) is 1. The van der Waals surface area contributed by atoms with E-state index >= 15 is 0 Å². The van der Waals surface area contributed by atoms with E-state index in [0.29, 0.717) is 11.3 Å². The molecule has 138 valence electrons. The molecule has 1 aromatic heterocycles. The molecule has 1 amide bonds. The van der Waals surface area contributed by atoms with Crippen LogP contribution in [0.3, 0.4) is 0 Å². The zero-order chi connectivity index (χ0) is 19.5. The highest BCUT2D eigenvalue weighted by Crippen LogP contribution is 2.25. The van der Waals surface area contributed by atoms with Crippen molar-refractivity contribution in [1.29, 1.82) is 0 Å². The fourth-order valence-electron chi connectivity index (χ4n) is 3.23. The van der Waals surface area contributed by atoms with E-state index in [1.165, 1.54) is 12.1 Å². The van der Waals surface area contributed by atoms with E-state index in [0.717, 1.165) is 22.0 Å². The van der Waals surface area contributed by atoms with Gasteiger partial charge >= 0.3 is 0 Å². The van der Waals surface area contributed by atoms with E-state index in [1.807, 2.05) is 61.5 Å². The highest BCUT2D eigenvalue weighted by Gasteiger charge is 2.16. The first-order valence-electron chi connectivity index (χ1n) is 9.13. The maximum atomic E-state index is 13.3. The topological polar surface area (TPSA) is 42.0 Å². The van der Waals surface area contributed by atoms with E-state index < -0.39 is 0 Å². The third kappa shape index (κ3) is 3.62. The number of nitrogens with zero attached hydrogens (tertiary/aromatic N) is 1. The van der Waals surface area contributed by atoms with Crippen LogP contribution in [0.5, 0.6) is 0 Å². The second-order valence-electron chi connectivity index (χ2n) is 6.68. The molecule has 4 heteroatoms. The van der Waals surface area contributed by atoms with Crippen LogP contribution in [0.25, 0.3) is 22.2 Å². The normalized spacial score (nSPS) is 11.9. The van der Waals surface area contributed by atoms with Gasteiger partial charge in [0, 0.05) is 10.9 Å². The number of halogens is 1. The lowest BCUT2D eigenvalue weighted by Gasteiger charge is -2.16. The van der Waals surface area contributed by atoms with Crippen LogP contribution in [-0.2, 0) is 0 Å². The second kappa shape index (κ2) is 7.61. The number of para-hydroxylation sites is 1. The van der Waals surface area contributed by atoms with Gasteiger partial charge in [0.25, 0.3) is 5.91 Å². The summed E-state index contributed by atoms with van der Waals surface area (Å²) in [5, 5.41) is 3.85. The average molecular weight is 370 g/mol. The Balaban J connectivity index is 1.74. The minimum absolute atomic E-state index is 0.130. The highest BCUT2D eigenvalue weighted by atomic mass is 19.1. The Morgan fingerprint density at radius 2 is 1.61 bits per heavy atom. The number of aromatic nitrogens is 1. The predicted molar refractivity (Wildman–Crippen MR) is 109 cm³/mol. The molecule has 0 aliphatic rings. The molecule has 28 heavy (non-hydrogen) atoms. The summed E-state index contributed by atoms with van der Waals surface area (Å²) in [6, 6.07) is 25.1. The Bertz CT molecular complexity index is 1120. The number of fused-ring (bicyclic) bond motifs is 1. The Morgan fingerprint density at radius 1 is 0.929 bits per heavy atom. The van der Waals surface area contributed by atoms with Crippen molar-refractivity contribution in [2.24, 2.45) is 0 Å². The fraction of sp³-hybridized carbons (Fsp3) is 0.0833. The maximum absolute atomic E-state index is 13.3. The van der Waals surface area contributed by atoms with Crippen LogP contribution >= 0.6 is 0 Å². The number of rotatable bonds is 4. The number of amides is 1. The summed E-state index contributed by atoms with van der Waals surface area (Å²) < 4.78 is 13.3. The van der Waals surface area contributed by atoms with Crippen LogP contribution in [0.15, 0.2) is 84.9 Å². The third-order valence-corrected chi connectivity index (χ3v) is 4.75. The van der Waals surface area contributed by atoms with Crippen LogP contribution in [0.2, 0.25) is 0 Å². The molecule has 0 saturated heterocycles. The van der Waals surface area contributed by atoms with Crippen LogP contribution < -0.4 is 5.32 Å². The lowest BCUT2D eigenvalue weighted by molar-refractivity contribution is 0.0941. The van der Waals surface area contributed by atoms with Crippen molar-refractivity contribution >= 4 is 16.8 Å². The SMILES string of the molecule is C[C@@H](NC(=O)c1cc(-c2ccc(F)cc2)nc2ccccc12)c1ccccc1. The molecule has 0 spiro atoms. The number of carbonyl (C=O) groups excluding carboxylic acids is 1. The molecule has 0 aliphatic carbocycles. The first-order valence-corrected chi connectivity index (χ1v) is 9.13. The van der Waals surface area contributed by atoms with Crippen molar-refractivity contribution in [2.45, 2.75) is 13.0 Å². The molecule has 1 N–H and O–H groups in total. The highest BCUT2D eigenvalue weighted by molar-refractivity contribution is 6.07. The zero-order valence-corrected chi connectivity index (χ0v) is 15.4. The molecule has 0 bridgehead atoms. The summed E-state index contributed by atoms with van der Waals surface area (Å²) >= 11 is 0. The van der Waals surface area contributed by atoms with Crippen molar-refractivity contribution in [3.63, 3.8) is 0 Å². The molecule has 3 aromatic carbocycles. The quantitative estimate of drug-likeness (QED) is 0.513. The van der Waals surface area contributed by atoms with Gasteiger partial charge in [0.1, 0.15) is 5.82 Å². The summed E-state index contributed by atoms with van der Waals surface area (Å²) in [7, 11) is 0. The van der Waals surface area contributed by atoms with Gasteiger partial charge in [-0.25, -0.2) is 9.37 Å². The number of pyridine rings is 1. The average Bonchev–Trinajstić information content (AvgIpc) is 2.74. The minimum Gasteiger partial charge on any atom is -0.345 e. The van der Waals surface area contributed by atoms with Crippen molar-refractivity contribution < 1.29 is 9.18 Å². The standard InChI is InChI=1S/C24H19FN2O/c1-16(17-7-3-2-4-8-17)26-24(28)21-15-23(18-11-13-19(25)14-12-18)27-22-10-6-5-9-20(21)22/h2-16H,1H3,(H,26,28)/t16-/m1/s1. The molecule has 0 saturated carbocycles. The van der Waals surface area contributed by atoms with Crippen LogP contribution in [0.4, 0.5) is 4.39 Å². The van der Waals surface area contributed by atoms with Gasteiger partial charge in [-0.1, -0.05) is 48.5 Å². The van der Waals surface area contributed by atoms with Gasteiger partial charge in [-0.2, -0.15) is 0 Å². The Kier molecular flexibility index (Phi) is 4.85. The number of hydrogen-bond acceptors (Lipinski definition) is 2. The lowest BCUT2D eigenvalue weighted by atomic mass is 10.0. The number of benzene rings is 3. The van der Waals surface area contributed by atoms with Crippen LogP contribution in [-0.4, -0.2) is 10.9 Å². The van der Waals surface area contributed by atoms with E-state index in [1.54, 1.807) is 18.2 Å². The van der Waals surface area contributed by atoms with Gasteiger partial charge < -0.3 is 5.32 Å². The maximum Gasteiger partial charge on any atom is 0.252 e. The first-order chi connectivity index (χ1) is 13.6. The molecule has 0 fully saturated rings. The first kappa shape index (κ1) is 17.9. The molecule has 4 aromatic rings. The fourth-order valence-corrected chi connectivity index (χ4v) is 3.23. The molecule has 0 radical (unpaired) electrons. The predicted octanol–water partition coefficient (Wildman–Crippen LogP) is 5.53. The molecule has 3 nitrogen and oxygen atoms in total. The summed E-state index contributed by atoms with van der Waals surface area (Å²) in [5.41, 5.74) is 3.70. The number of nitrogens with one attached hydrogen (secondary N) is 1. The molecule has 4 rings (SSSR count). The second-order valence-corrected chi connectivity index (χ2v) is 6.68. The molecule has 1 atom stereocenters. The van der Waals surface area contributed by atoms with Crippen molar-refractivity contribution in [3.8, 4) is 11.3 Å². The molecule has 0 unspecified atom stereocenters. The molecular weight excluding hydrogens is 351 g/mol. The van der Waals surface area contributed by atoms with Crippen molar-refractivity contribution in [3.05, 3.63) is 102 Å². The zero-order valence-electron chi connectivity index (χ0n) is 15.4. The van der Waals surface area contributed by atoms with E-state index in [9.17, 15) is 9.18 Å². The van der Waals surface area contributed by atoms with Crippen LogP contribution in [0, 0.1) is 5.82 Å². The monoisotopic (exact) mass is 370 g/mol. The third-order valence-electron chi connectivity index (χ3n) is 4.75. The largest absolute Gasteiger partial charge is 0.345 e. The van der Waals surface area contributed by atoms with Gasteiger partial charge in [-0.15, -0.1) is 0 Å². The molecule has 0 aliphatic heterocycles. The van der Waals surface area contributed by atoms with Gasteiger partial charge in [0.15, 0.2) is 0 Å². The van der Waals surface area contributed by atoms with E-state index in [2.05, 4.69) is 10.3 Å². The van der Waals surface area contributed by atoms with Crippen molar-refractivity contribution in [1.82, 2.24) is 10.3 Å². The van der Waals surface area contributed by atoms with Gasteiger partial charge in [-0.05, 0) is 48.9 Å². The molecule has 1 heterocycles. The van der Waals surface area contributed by atoms with Crippen molar-refractivity contribution in [2.75, 3.05) is 0 Å². The van der Waals surface area contributed by atoms with Crippen LogP contribution in [0.1, 0.15) is 28.9 Å². The van der Waals surface area contributed by atoms with Gasteiger partial charge in [0.2, 0.25) is 0 Å². The van der Waals surface area contributed by atoms with E-state index in [4.69, 9.17) is 0 Å². The van der Waals surface area contributed by atoms with E-state index in [-0.39, 0.29) is 17.8 Å². The summed E-state index contributed by atoms with van der Waals surface area (Å²) in [4.78, 5) is 17.7. The summed E-state index contributed by atoms with van der Waals surface area (Å²) in [6.45, 7) is 1.96. The summed E-state index contributed by atoms with van der Waals surface area (Å²) in [5.74, 6) is -0.475. The molecular formula is C24H19FN2O. The Morgan fingerprint density at radius 3 is 2.36 bits per heavy atom. The number of carbonyl (C=O) groups is 1. The van der Waals surface area contributed by atoms with Gasteiger partial charge in [0.05, 0.1) is 22.8 Å². The Labute approximate surface area is 162 Å². The lowest BCUT2D eigenvalue weighted by Crippen LogP contribution is -2.27. The Hall–Kier alpha value is -3.53. The smallest absolute Gasteiger partial charge is 0.252 e. The van der Waals surface area contributed by atoms with Gasteiger partial charge in [-0.3, -0.25) is 4.79 Å². The minimum atomic E-state index is -0.306.